The number of fused-ring (bicyclic) bond motifs is 1. The molecule has 1 aromatic heterocycles. The number of allylic oxidation sites excluding steroid dienone is 2. The summed E-state index contributed by atoms with van der Waals surface area (Å²) in [5.74, 6) is 0.455. The molecule has 100 valence electrons. The van der Waals surface area contributed by atoms with Gasteiger partial charge in [-0.2, -0.15) is 0 Å². The van der Waals surface area contributed by atoms with Crippen LogP contribution in [0.5, 0.6) is 0 Å². The Balaban J connectivity index is 2.63. The van der Waals surface area contributed by atoms with E-state index >= 15 is 0 Å². The zero-order chi connectivity index (χ0) is 14.0. The third-order valence-electron chi connectivity index (χ3n) is 3.38. The number of pyridine rings is 1. The van der Waals surface area contributed by atoms with Crippen molar-refractivity contribution in [3.05, 3.63) is 47.2 Å². The predicted octanol–water partition coefficient (Wildman–Crippen LogP) is 4.18. The van der Waals surface area contributed by atoms with Crippen LogP contribution in [0.15, 0.2) is 35.9 Å². The molecule has 2 heteroatoms. The molecular formula is C17H21NO. The molecule has 2 aromatic rings. The van der Waals surface area contributed by atoms with E-state index < -0.39 is 0 Å². The van der Waals surface area contributed by atoms with Gasteiger partial charge in [-0.25, -0.2) is 4.98 Å². The van der Waals surface area contributed by atoms with Gasteiger partial charge in [-0.1, -0.05) is 37.6 Å². The summed E-state index contributed by atoms with van der Waals surface area (Å²) in [7, 11) is 0. The third-order valence-corrected chi connectivity index (χ3v) is 3.38. The molecule has 0 saturated carbocycles. The Labute approximate surface area is 114 Å². The fourth-order valence-corrected chi connectivity index (χ4v) is 2.64. The van der Waals surface area contributed by atoms with Crippen LogP contribution in [0.2, 0.25) is 0 Å². The Kier molecular flexibility index (Phi) is 4.01. The van der Waals surface area contributed by atoms with Crippen molar-refractivity contribution < 1.29 is 5.11 Å². The summed E-state index contributed by atoms with van der Waals surface area (Å²) in [6, 6.07) is 10.0. The highest BCUT2D eigenvalue weighted by Crippen LogP contribution is 2.27. The minimum atomic E-state index is 0.0536. The molecular weight excluding hydrogens is 234 g/mol. The molecule has 0 aliphatic heterocycles. The second-order valence-electron chi connectivity index (χ2n) is 5.41. The molecule has 0 saturated heterocycles. The number of hydrogen-bond acceptors (Lipinski definition) is 2. The number of aliphatic hydroxyl groups excluding tert-OH is 1. The molecule has 0 aliphatic carbocycles. The number of aliphatic hydroxyl groups is 1. The molecule has 0 amide bonds. The smallest absolute Gasteiger partial charge is 0.0713 e. The first-order valence-corrected chi connectivity index (χ1v) is 6.72. The van der Waals surface area contributed by atoms with Crippen molar-refractivity contribution in [1.82, 2.24) is 4.98 Å². The van der Waals surface area contributed by atoms with Crippen molar-refractivity contribution in [1.29, 1.82) is 0 Å². The SMILES string of the molecule is CC(C)=C(c1ccc2c(CO)cccc2n1)C(C)C. The molecule has 1 aromatic carbocycles. The van der Waals surface area contributed by atoms with E-state index in [1.54, 1.807) is 0 Å². The van der Waals surface area contributed by atoms with Crippen LogP contribution in [-0.4, -0.2) is 10.1 Å². The Bertz CT molecular complexity index is 622. The second-order valence-corrected chi connectivity index (χ2v) is 5.41. The van der Waals surface area contributed by atoms with Gasteiger partial charge in [0.15, 0.2) is 0 Å². The molecule has 0 bridgehead atoms. The van der Waals surface area contributed by atoms with E-state index in [9.17, 15) is 5.11 Å². The van der Waals surface area contributed by atoms with Gasteiger partial charge < -0.3 is 5.11 Å². The average Bonchev–Trinajstić information content (AvgIpc) is 2.36. The number of aromatic nitrogens is 1. The van der Waals surface area contributed by atoms with Crippen molar-refractivity contribution in [3.8, 4) is 0 Å². The van der Waals surface area contributed by atoms with E-state index in [0.29, 0.717) is 5.92 Å². The number of nitrogens with zero attached hydrogens (tertiary/aromatic N) is 1. The van der Waals surface area contributed by atoms with Gasteiger partial charge in [0.25, 0.3) is 0 Å². The molecule has 0 spiro atoms. The van der Waals surface area contributed by atoms with E-state index in [0.717, 1.165) is 22.2 Å². The average molecular weight is 255 g/mol. The van der Waals surface area contributed by atoms with Crippen molar-refractivity contribution in [3.63, 3.8) is 0 Å². The maximum absolute atomic E-state index is 9.35. The van der Waals surface area contributed by atoms with Gasteiger partial charge in [-0.05, 0) is 43.0 Å². The molecule has 2 rings (SSSR count). The molecule has 0 atom stereocenters. The van der Waals surface area contributed by atoms with Gasteiger partial charge in [0.2, 0.25) is 0 Å². The highest BCUT2D eigenvalue weighted by Gasteiger charge is 2.11. The maximum Gasteiger partial charge on any atom is 0.0713 e. The molecule has 0 aliphatic rings. The van der Waals surface area contributed by atoms with E-state index in [2.05, 4.69) is 39.8 Å². The minimum Gasteiger partial charge on any atom is -0.392 e. The van der Waals surface area contributed by atoms with Crippen LogP contribution in [0.1, 0.15) is 39.0 Å². The number of rotatable bonds is 3. The van der Waals surface area contributed by atoms with Crippen molar-refractivity contribution in [2.75, 3.05) is 0 Å². The molecule has 0 fully saturated rings. The first kappa shape index (κ1) is 13.8. The Hall–Kier alpha value is -1.67. The zero-order valence-corrected chi connectivity index (χ0v) is 12.1. The summed E-state index contributed by atoms with van der Waals surface area (Å²) in [5, 5.41) is 10.4. The summed E-state index contributed by atoms with van der Waals surface area (Å²) in [5.41, 5.74) is 5.53. The van der Waals surface area contributed by atoms with Crippen LogP contribution >= 0.6 is 0 Å². The Morgan fingerprint density at radius 2 is 1.89 bits per heavy atom. The molecule has 0 radical (unpaired) electrons. The normalized spacial score (nSPS) is 11.1. The zero-order valence-electron chi connectivity index (χ0n) is 12.1. The summed E-state index contributed by atoms with van der Waals surface area (Å²) in [4.78, 5) is 4.76. The van der Waals surface area contributed by atoms with Crippen molar-refractivity contribution in [2.45, 2.75) is 34.3 Å². The molecule has 19 heavy (non-hydrogen) atoms. The van der Waals surface area contributed by atoms with Gasteiger partial charge in [0, 0.05) is 5.39 Å². The van der Waals surface area contributed by atoms with Crippen LogP contribution in [0.4, 0.5) is 0 Å². The van der Waals surface area contributed by atoms with E-state index in [1.807, 2.05) is 18.2 Å². The van der Waals surface area contributed by atoms with Crippen molar-refractivity contribution >= 4 is 16.5 Å². The van der Waals surface area contributed by atoms with Crippen LogP contribution in [0.25, 0.3) is 16.5 Å². The standard InChI is InChI=1S/C17H21NO/c1-11(2)17(12(3)4)16-9-8-14-13(10-19)6-5-7-15(14)18-16/h5-9,11,19H,10H2,1-4H3. The fraction of sp³-hybridized carbons (Fsp3) is 0.353. The van der Waals surface area contributed by atoms with Crippen LogP contribution in [0, 0.1) is 5.92 Å². The lowest BCUT2D eigenvalue weighted by atomic mass is 9.94. The van der Waals surface area contributed by atoms with Gasteiger partial charge in [0.05, 0.1) is 17.8 Å². The number of hydrogen-bond donors (Lipinski definition) is 1. The summed E-state index contributed by atoms with van der Waals surface area (Å²) < 4.78 is 0. The van der Waals surface area contributed by atoms with E-state index in [1.165, 1.54) is 11.1 Å². The van der Waals surface area contributed by atoms with Gasteiger partial charge in [-0.15, -0.1) is 0 Å². The quantitative estimate of drug-likeness (QED) is 0.892. The lowest BCUT2D eigenvalue weighted by molar-refractivity contribution is 0.283. The highest BCUT2D eigenvalue weighted by atomic mass is 16.3. The lowest BCUT2D eigenvalue weighted by Crippen LogP contribution is -2.00. The van der Waals surface area contributed by atoms with Gasteiger partial charge in [0.1, 0.15) is 0 Å². The molecule has 2 nitrogen and oxygen atoms in total. The minimum absolute atomic E-state index is 0.0536. The summed E-state index contributed by atoms with van der Waals surface area (Å²) in [6.45, 7) is 8.70. The van der Waals surface area contributed by atoms with E-state index in [-0.39, 0.29) is 6.61 Å². The lowest BCUT2D eigenvalue weighted by Gasteiger charge is -2.14. The summed E-state index contributed by atoms with van der Waals surface area (Å²) >= 11 is 0. The largest absolute Gasteiger partial charge is 0.392 e. The molecule has 0 unspecified atom stereocenters. The van der Waals surface area contributed by atoms with Gasteiger partial charge in [-0.3, -0.25) is 0 Å². The fourth-order valence-electron chi connectivity index (χ4n) is 2.64. The third kappa shape index (κ3) is 2.69. The highest BCUT2D eigenvalue weighted by molar-refractivity contribution is 5.84. The maximum atomic E-state index is 9.35. The monoisotopic (exact) mass is 255 g/mol. The van der Waals surface area contributed by atoms with Gasteiger partial charge >= 0.3 is 0 Å². The molecule has 1 N–H and O–H groups in total. The van der Waals surface area contributed by atoms with Crippen LogP contribution in [-0.2, 0) is 6.61 Å². The van der Waals surface area contributed by atoms with Crippen LogP contribution < -0.4 is 0 Å². The Morgan fingerprint density at radius 1 is 1.16 bits per heavy atom. The molecule has 1 heterocycles. The predicted molar refractivity (Wildman–Crippen MR) is 80.8 cm³/mol. The number of benzene rings is 1. The first-order valence-electron chi connectivity index (χ1n) is 6.72. The Morgan fingerprint density at radius 3 is 2.47 bits per heavy atom. The summed E-state index contributed by atoms with van der Waals surface area (Å²) in [6.07, 6.45) is 0. The van der Waals surface area contributed by atoms with Crippen LogP contribution in [0.3, 0.4) is 0 Å². The van der Waals surface area contributed by atoms with Crippen molar-refractivity contribution in [2.24, 2.45) is 5.92 Å². The topological polar surface area (TPSA) is 33.1 Å². The van der Waals surface area contributed by atoms with E-state index in [4.69, 9.17) is 4.98 Å². The second kappa shape index (κ2) is 5.54. The first-order chi connectivity index (χ1) is 9.04.